The zero-order valence-electron chi connectivity index (χ0n) is 15.9. The molecule has 146 valence electrons. The Bertz CT molecular complexity index is 1110. The fourth-order valence-corrected chi connectivity index (χ4v) is 3.48. The lowest BCUT2D eigenvalue weighted by atomic mass is 10.1. The molecule has 8 heteroatoms. The predicted octanol–water partition coefficient (Wildman–Crippen LogP) is 3.03. The maximum atomic E-state index is 12.0. The summed E-state index contributed by atoms with van der Waals surface area (Å²) in [6, 6.07) is 12.5. The molecule has 2 aromatic carbocycles. The van der Waals surface area contributed by atoms with Crippen LogP contribution in [-0.2, 0) is 16.6 Å². The van der Waals surface area contributed by atoms with Gasteiger partial charge in [0.25, 0.3) is 0 Å². The van der Waals surface area contributed by atoms with Gasteiger partial charge in [-0.2, -0.15) is 0 Å². The number of ether oxygens (including phenoxy) is 1. The molecule has 1 aromatic heterocycles. The van der Waals surface area contributed by atoms with Gasteiger partial charge in [-0.15, -0.1) is 0 Å². The molecule has 0 saturated carbocycles. The molecule has 3 aromatic rings. The van der Waals surface area contributed by atoms with Crippen LogP contribution in [0.1, 0.15) is 16.8 Å². The Morgan fingerprint density at radius 3 is 2.57 bits per heavy atom. The van der Waals surface area contributed by atoms with Gasteiger partial charge >= 0.3 is 0 Å². The lowest BCUT2D eigenvalue weighted by Crippen LogP contribution is -2.14. The zero-order valence-corrected chi connectivity index (χ0v) is 16.7. The monoisotopic (exact) mass is 398 g/mol. The van der Waals surface area contributed by atoms with Crippen LogP contribution in [0.3, 0.4) is 0 Å². The number of nitrogens with one attached hydrogen (secondary N) is 1. The van der Waals surface area contributed by atoms with E-state index in [-0.39, 0.29) is 4.90 Å². The van der Waals surface area contributed by atoms with Crippen LogP contribution in [0.2, 0.25) is 0 Å². The average Bonchev–Trinajstić information content (AvgIpc) is 2.67. The maximum absolute atomic E-state index is 12.0. The summed E-state index contributed by atoms with van der Waals surface area (Å²) in [5.74, 6) is 1.09. The van der Waals surface area contributed by atoms with Crippen LogP contribution in [0, 0.1) is 13.8 Å². The highest BCUT2D eigenvalue weighted by Crippen LogP contribution is 2.28. The van der Waals surface area contributed by atoms with E-state index in [4.69, 9.17) is 9.88 Å². The van der Waals surface area contributed by atoms with Crippen LogP contribution in [0.4, 0.5) is 5.69 Å². The Hall–Kier alpha value is -2.97. The summed E-state index contributed by atoms with van der Waals surface area (Å²) in [7, 11) is -2.31. The predicted molar refractivity (Wildman–Crippen MR) is 109 cm³/mol. The molecule has 0 fully saturated rings. The van der Waals surface area contributed by atoms with E-state index in [1.54, 1.807) is 25.4 Å². The van der Waals surface area contributed by atoms with Gasteiger partial charge < -0.3 is 10.1 Å². The summed E-state index contributed by atoms with van der Waals surface area (Å²) in [4.78, 5) is 8.70. The fourth-order valence-electron chi connectivity index (χ4n) is 2.77. The van der Waals surface area contributed by atoms with Crippen LogP contribution in [0.5, 0.6) is 5.75 Å². The van der Waals surface area contributed by atoms with E-state index >= 15 is 0 Å². The van der Waals surface area contributed by atoms with Crippen molar-refractivity contribution in [2.24, 2.45) is 5.14 Å². The van der Waals surface area contributed by atoms with Crippen molar-refractivity contribution in [2.45, 2.75) is 25.3 Å². The molecule has 7 nitrogen and oxygen atoms in total. The highest BCUT2D eigenvalue weighted by molar-refractivity contribution is 7.89. The molecule has 0 spiro atoms. The molecule has 0 aliphatic rings. The van der Waals surface area contributed by atoms with Gasteiger partial charge in [0.2, 0.25) is 10.0 Å². The van der Waals surface area contributed by atoms with Gasteiger partial charge in [-0.3, -0.25) is 0 Å². The molecule has 0 aliphatic heterocycles. The Balaban J connectivity index is 1.99. The lowest BCUT2D eigenvalue weighted by Gasteiger charge is -2.13. The first-order chi connectivity index (χ1) is 13.3. The van der Waals surface area contributed by atoms with E-state index in [1.165, 1.54) is 6.07 Å². The smallest absolute Gasteiger partial charge is 0.238 e. The van der Waals surface area contributed by atoms with Crippen LogP contribution in [0.15, 0.2) is 53.6 Å². The third-order valence-electron chi connectivity index (χ3n) is 4.43. The van der Waals surface area contributed by atoms with E-state index in [0.29, 0.717) is 17.9 Å². The minimum atomic E-state index is -3.93. The largest absolute Gasteiger partial charge is 0.496 e. The molecule has 0 amide bonds. The Morgan fingerprint density at radius 2 is 1.89 bits per heavy atom. The number of benzene rings is 2. The third-order valence-corrected chi connectivity index (χ3v) is 5.40. The second kappa shape index (κ2) is 7.95. The molecule has 0 aliphatic carbocycles. The third kappa shape index (κ3) is 4.29. The van der Waals surface area contributed by atoms with E-state index in [0.717, 1.165) is 28.3 Å². The second-order valence-electron chi connectivity index (χ2n) is 6.38. The minimum Gasteiger partial charge on any atom is -0.496 e. The van der Waals surface area contributed by atoms with Crippen molar-refractivity contribution in [3.63, 3.8) is 0 Å². The molecule has 0 bridgehead atoms. The minimum absolute atomic E-state index is 0.0152. The van der Waals surface area contributed by atoms with Gasteiger partial charge in [-0.1, -0.05) is 18.2 Å². The van der Waals surface area contributed by atoms with Crippen molar-refractivity contribution in [1.82, 2.24) is 9.97 Å². The topological polar surface area (TPSA) is 107 Å². The first-order valence-corrected chi connectivity index (χ1v) is 10.2. The summed E-state index contributed by atoms with van der Waals surface area (Å²) in [5, 5.41) is 8.67. The lowest BCUT2D eigenvalue weighted by molar-refractivity contribution is 0.410. The molecule has 0 radical (unpaired) electrons. The van der Waals surface area contributed by atoms with Crippen molar-refractivity contribution < 1.29 is 13.2 Å². The first kappa shape index (κ1) is 19.8. The molecule has 0 saturated heterocycles. The molecule has 0 atom stereocenters. The average molecular weight is 398 g/mol. The van der Waals surface area contributed by atoms with E-state index in [1.807, 2.05) is 38.1 Å². The SMILES string of the molecule is COc1ccccc1CNc1ccc(S(N)(=O)=O)c(-c2ncc(C)c(C)n2)c1. The van der Waals surface area contributed by atoms with E-state index in [2.05, 4.69) is 15.3 Å². The van der Waals surface area contributed by atoms with Gasteiger partial charge in [0.1, 0.15) is 5.75 Å². The van der Waals surface area contributed by atoms with Crippen LogP contribution in [0.25, 0.3) is 11.4 Å². The van der Waals surface area contributed by atoms with E-state index in [9.17, 15) is 8.42 Å². The number of hydrogen-bond acceptors (Lipinski definition) is 6. The van der Waals surface area contributed by atoms with Gasteiger partial charge in [0.15, 0.2) is 5.82 Å². The number of methoxy groups -OCH3 is 1. The van der Waals surface area contributed by atoms with Crippen LogP contribution < -0.4 is 15.2 Å². The van der Waals surface area contributed by atoms with Gasteiger partial charge in [0.05, 0.1) is 12.0 Å². The standard InChI is InChI=1S/C20H22N4O3S/c1-13-11-23-20(24-14(13)2)17-10-16(8-9-19(17)28(21,25)26)22-12-15-6-4-5-7-18(15)27-3/h4-11,22H,12H2,1-3H3,(H2,21,25,26). The van der Waals surface area contributed by atoms with Crippen molar-refractivity contribution in [2.75, 3.05) is 12.4 Å². The summed E-state index contributed by atoms with van der Waals surface area (Å²) >= 11 is 0. The van der Waals surface area contributed by atoms with Crippen molar-refractivity contribution in [1.29, 1.82) is 0 Å². The first-order valence-electron chi connectivity index (χ1n) is 8.63. The number of nitrogens with zero attached hydrogens (tertiary/aromatic N) is 2. The fraction of sp³-hybridized carbons (Fsp3) is 0.200. The molecule has 0 unspecified atom stereocenters. The van der Waals surface area contributed by atoms with Crippen molar-refractivity contribution >= 4 is 15.7 Å². The molecule has 3 rings (SSSR count). The Kier molecular flexibility index (Phi) is 5.62. The number of para-hydroxylation sites is 1. The summed E-state index contributed by atoms with van der Waals surface area (Å²) < 4.78 is 29.4. The number of rotatable bonds is 6. The van der Waals surface area contributed by atoms with Gasteiger partial charge in [-0.05, 0) is 43.7 Å². The van der Waals surface area contributed by atoms with Gasteiger partial charge in [0, 0.05) is 35.2 Å². The van der Waals surface area contributed by atoms with E-state index < -0.39 is 10.0 Å². The number of aryl methyl sites for hydroxylation is 2. The normalized spacial score (nSPS) is 11.3. The molecular formula is C20H22N4O3S. The number of hydrogen-bond donors (Lipinski definition) is 2. The molecule has 1 heterocycles. The number of aromatic nitrogens is 2. The molecule has 3 N–H and O–H groups in total. The number of nitrogens with two attached hydrogens (primary N) is 1. The highest BCUT2D eigenvalue weighted by Gasteiger charge is 2.18. The second-order valence-corrected chi connectivity index (χ2v) is 7.91. The summed E-state index contributed by atoms with van der Waals surface area (Å²) in [5.41, 5.74) is 3.75. The Morgan fingerprint density at radius 1 is 1.14 bits per heavy atom. The number of anilines is 1. The maximum Gasteiger partial charge on any atom is 0.238 e. The highest BCUT2D eigenvalue weighted by atomic mass is 32.2. The number of sulfonamides is 1. The van der Waals surface area contributed by atoms with Crippen molar-refractivity contribution in [3.8, 4) is 17.1 Å². The quantitative estimate of drug-likeness (QED) is 0.661. The van der Waals surface area contributed by atoms with Crippen LogP contribution >= 0.6 is 0 Å². The van der Waals surface area contributed by atoms with Crippen molar-refractivity contribution in [3.05, 3.63) is 65.5 Å². The number of primary sulfonamides is 1. The molecule has 28 heavy (non-hydrogen) atoms. The zero-order chi connectivity index (χ0) is 20.3. The Labute approximate surface area is 164 Å². The van der Waals surface area contributed by atoms with Crippen LogP contribution in [-0.4, -0.2) is 25.5 Å². The summed E-state index contributed by atoms with van der Waals surface area (Å²) in [6.45, 7) is 4.25. The van der Waals surface area contributed by atoms with Gasteiger partial charge in [-0.25, -0.2) is 23.5 Å². The molecular weight excluding hydrogens is 376 g/mol. The summed E-state index contributed by atoms with van der Waals surface area (Å²) in [6.07, 6.45) is 1.67.